The highest BCUT2D eigenvalue weighted by Gasteiger charge is 2.35. The van der Waals surface area contributed by atoms with Crippen LogP contribution in [0.15, 0.2) is 11.6 Å². The second-order valence-electron chi connectivity index (χ2n) is 3.37. The highest BCUT2D eigenvalue weighted by molar-refractivity contribution is 7.09. The van der Waals surface area contributed by atoms with Gasteiger partial charge in [0, 0.05) is 24.6 Å². The zero-order valence-corrected chi connectivity index (χ0v) is 8.90. The van der Waals surface area contributed by atoms with E-state index in [2.05, 4.69) is 4.98 Å². The average Bonchev–Trinajstić information content (AvgIpc) is 2.77. The number of aromatic nitrogens is 1. The number of halogens is 1. The lowest BCUT2D eigenvalue weighted by Crippen LogP contribution is -2.32. The average molecular weight is 218 g/mol. The highest BCUT2D eigenvalue weighted by Crippen LogP contribution is 2.31. The normalized spacial score (nSPS) is 28.1. The van der Waals surface area contributed by atoms with E-state index >= 15 is 0 Å². The maximum absolute atomic E-state index is 5.93. The van der Waals surface area contributed by atoms with Crippen molar-refractivity contribution in [2.24, 2.45) is 0 Å². The molecular formula is C9H12ClNOS. The van der Waals surface area contributed by atoms with Crippen LogP contribution in [0.5, 0.6) is 0 Å². The number of alkyl halides is 1. The largest absolute Gasteiger partial charge is 0.373 e. The second-order valence-corrected chi connectivity index (χ2v) is 4.62. The van der Waals surface area contributed by atoms with E-state index in [4.69, 9.17) is 16.3 Å². The number of thiazole rings is 1. The quantitative estimate of drug-likeness (QED) is 0.726. The van der Waals surface area contributed by atoms with Crippen LogP contribution in [0.2, 0.25) is 0 Å². The van der Waals surface area contributed by atoms with Crippen molar-refractivity contribution in [3.05, 3.63) is 16.6 Å². The van der Waals surface area contributed by atoms with Gasteiger partial charge in [0.2, 0.25) is 0 Å². The SMILES string of the molecule is ClCC1(Cc2nccs2)CCCO1. The molecule has 0 saturated carbocycles. The van der Waals surface area contributed by atoms with E-state index in [9.17, 15) is 0 Å². The van der Waals surface area contributed by atoms with Crippen molar-refractivity contribution < 1.29 is 4.74 Å². The number of hydrogen-bond acceptors (Lipinski definition) is 3. The minimum atomic E-state index is -0.126. The first-order valence-electron chi connectivity index (χ1n) is 4.43. The van der Waals surface area contributed by atoms with Crippen LogP contribution in [-0.4, -0.2) is 23.1 Å². The molecule has 2 heterocycles. The van der Waals surface area contributed by atoms with Crippen molar-refractivity contribution in [2.45, 2.75) is 24.9 Å². The molecule has 1 saturated heterocycles. The molecule has 2 rings (SSSR count). The molecule has 0 aliphatic carbocycles. The van der Waals surface area contributed by atoms with Gasteiger partial charge in [-0.05, 0) is 12.8 Å². The monoisotopic (exact) mass is 217 g/mol. The van der Waals surface area contributed by atoms with Gasteiger partial charge in [0.25, 0.3) is 0 Å². The van der Waals surface area contributed by atoms with Crippen molar-refractivity contribution in [3.8, 4) is 0 Å². The summed E-state index contributed by atoms with van der Waals surface area (Å²) in [6.45, 7) is 0.845. The summed E-state index contributed by atoms with van der Waals surface area (Å²) in [5.41, 5.74) is -0.126. The molecule has 1 aliphatic rings. The van der Waals surface area contributed by atoms with E-state index in [0.29, 0.717) is 5.88 Å². The molecule has 4 heteroatoms. The molecule has 0 bridgehead atoms. The Morgan fingerprint density at radius 3 is 3.15 bits per heavy atom. The molecule has 0 spiro atoms. The number of ether oxygens (including phenoxy) is 1. The first-order valence-corrected chi connectivity index (χ1v) is 5.84. The second kappa shape index (κ2) is 3.95. The molecular weight excluding hydrogens is 206 g/mol. The van der Waals surface area contributed by atoms with Crippen LogP contribution in [-0.2, 0) is 11.2 Å². The van der Waals surface area contributed by atoms with Crippen LogP contribution >= 0.6 is 22.9 Å². The molecule has 1 fully saturated rings. The minimum absolute atomic E-state index is 0.126. The van der Waals surface area contributed by atoms with Crippen molar-refractivity contribution in [3.63, 3.8) is 0 Å². The van der Waals surface area contributed by atoms with Crippen molar-refractivity contribution in [2.75, 3.05) is 12.5 Å². The lowest BCUT2D eigenvalue weighted by molar-refractivity contribution is 0.0237. The van der Waals surface area contributed by atoms with Crippen LogP contribution in [0.1, 0.15) is 17.8 Å². The summed E-state index contributed by atoms with van der Waals surface area (Å²) in [5, 5.41) is 3.12. The highest BCUT2D eigenvalue weighted by atomic mass is 35.5. The molecule has 0 radical (unpaired) electrons. The number of rotatable bonds is 3. The fourth-order valence-corrected chi connectivity index (χ4v) is 2.72. The van der Waals surface area contributed by atoms with E-state index in [1.165, 1.54) is 0 Å². The molecule has 1 unspecified atom stereocenters. The van der Waals surface area contributed by atoms with Gasteiger partial charge in [0.05, 0.1) is 16.5 Å². The molecule has 1 aromatic rings. The fourth-order valence-electron chi connectivity index (χ4n) is 1.66. The summed E-state index contributed by atoms with van der Waals surface area (Å²) < 4.78 is 5.70. The summed E-state index contributed by atoms with van der Waals surface area (Å²) >= 11 is 7.61. The minimum Gasteiger partial charge on any atom is -0.373 e. The lowest BCUT2D eigenvalue weighted by Gasteiger charge is -2.24. The molecule has 13 heavy (non-hydrogen) atoms. The van der Waals surface area contributed by atoms with Crippen molar-refractivity contribution >= 4 is 22.9 Å². The van der Waals surface area contributed by atoms with Gasteiger partial charge < -0.3 is 4.74 Å². The van der Waals surface area contributed by atoms with Gasteiger partial charge >= 0.3 is 0 Å². The van der Waals surface area contributed by atoms with Crippen LogP contribution in [0.3, 0.4) is 0 Å². The lowest BCUT2D eigenvalue weighted by atomic mass is 9.99. The molecule has 1 atom stereocenters. The van der Waals surface area contributed by atoms with Gasteiger partial charge in [-0.1, -0.05) is 0 Å². The van der Waals surface area contributed by atoms with Gasteiger partial charge in [-0.25, -0.2) is 4.98 Å². The van der Waals surface area contributed by atoms with E-state index in [0.717, 1.165) is 30.9 Å². The maximum atomic E-state index is 5.93. The predicted molar refractivity (Wildman–Crippen MR) is 54.5 cm³/mol. The van der Waals surface area contributed by atoms with E-state index in [1.807, 2.05) is 11.6 Å². The first kappa shape index (κ1) is 9.44. The van der Waals surface area contributed by atoms with Crippen LogP contribution < -0.4 is 0 Å². The molecule has 1 aliphatic heterocycles. The molecule has 72 valence electrons. The van der Waals surface area contributed by atoms with Gasteiger partial charge in [0.1, 0.15) is 0 Å². The third kappa shape index (κ3) is 2.03. The Bertz CT molecular complexity index is 257. The zero-order chi connectivity index (χ0) is 9.15. The Balaban J connectivity index is 2.06. The Morgan fingerprint density at radius 2 is 2.62 bits per heavy atom. The van der Waals surface area contributed by atoms with Gasteiger partial charge in [-0.3, -0.25) is 0 Å². The molecule has 2 nitrogen and oxygen atoms in total. The third-order valence-corrected chi connectivity index (χ3v) is 3.65. The van der Waals surface area contributed by atoms with Crippen LogP contribution in [0, 0.1) is 0 Å². The standard InChI is InChI=1S/C9H12ClNOS/c10-7-9(2-1-4-12-9)6-8-11-3-5-13-8/h3,5H,1-2,4,6-7H2. The first-order chi connectivity index (χ1) is 6.35. The van der Waals surface area contributed by atoms with Gasteiger partial charge in [-0.15, -0.1) is 22.9 Å². The third-order valence-electron chi connectivity index (χ3n) is 2.39. The summed E-state index contributed by atoms with van der Waals surface area (Å²) in [6, 6.07) is 0. The summed E-state index contributed by atoms with van der Waals surface area (Å²) in [4.78, 5) is 4.25. The van der Waals surface area contributed by atoms with Crippen molar-refractivity contribution in [1.82, 2.24) is 4.98 Å². The number of nitrogens with zero attached hydrogens (tertiary/aromatic N) is 1. The zero-order valence-electron chi connectivity index (χ0n) is 7.33. The topological polar surface area (TPSA) is 22.1 Å². The molecule has 0 aromatic carbocycles. The van der Waals surface area contributed by atoms with E-state index in [-0.39, 0.29) is 5.60 Å². The smallest absolute Gasteiger partial charge is 0.0954 e. The Morgan fingerprint density at radius 1 is 1.69 bits per heavy atom. The molecule has 0 amide bonds. The summed E-state index contributed by atoms with van der Waals surface area (Å²) in [7, 11) is 0. The summed E-state index contributed by atoms with van der Waals surface area (Å²) in [6.07, 6.45) is 4.89. The van der Waals surface area contributed by atoms with Crippen LogP contribution in [0.25, 0.3) is 0 Å². The Hall–Kier alpha value is -0.120. The molecule has 0 N–H and O–H groups in total. The van der Waals surface area contributed by atoms with Gasteiger partial charge in [0.15, 0.2) is 0 Å². The van der Waals surface area contributed by atoms with Gasteiger partial charge in [-0.2, -0.15) is 0 Å². The fraction of sp³-hybridized carbons (Fsp3) is 0.667. The summed E-state index contributed by atoms with van der Waals surface area (Å²) in [5.74, 6) is 0.576. The van der Waals surface area contributed by atoms with Crippen molar-refractivity contribution in [1.29, 1.82) is 0 Å². The van der Waals surface area contributed by atoms with Crippen LogP contribution in [0.4, 0.5) is 0 Å². The van der Waals surface area contributed by atoms with E-state index in [1.54, 1.807) is 11.3 Å². The Kier molecular flexibility index (Phi) is 2.86. The predicted octanol–water partition coefficient (Wildman–Crippen LogP) is 2.47. The number of hydrogen-bond donors (Lipinski definition) is 0. The van der Waals surface area contributed by atoms with E-state index < -0.39 is 0 Å². The maximum Gasteiger partial charge on any atom is 0.0954 e. The molecule has 1 aromatic heterocycles. The Labute approximate surface area is 86.9 Å².